The van der Waals surface area contributed by atoms with Crippen molar-refractivity contribution in [3.05, 3.63) is 94.9 Å². The molecule has 0 saturated heterocycles. The minimum atomic E-state index is -3.80. The van der Waals surface area contributed by atoms with E-state index in [-0.39, 0.29) is 11.4 Å². The topological polar surface area (TPSA) is 60.4 Å². The normalized spacial score (nSPS) is 18.3. The highest BCUT2D eigenvalue weighted by atomic mass is 127. The molecule has 0 fully saturated rings. The smallest absolute Gasteiger partial charge is 0.264 e. The van der Waals surface area contributed by atoms with Crippen LogP contribution in [0.2, 0.25) is 0 Å². The predicted octanol–water partition coefficient (Wildman–Crippen LogP) is 5.12. The molecule has 1 aliphatic heterocycles. The number of hydrogen-bond acceptors (Lipinski definition) is 3. The van der Waals surface area contributed by atoms with E-state index in [0.29, 0.717) is 15.5 Å². The molecule has 1 unspecified atom stereocenters. The van der Waals surface area contributed by atoms with Gasteiger partial charge in [-0.1, -0.05) is 60.2 Å². The zero-order chi connectivity index (χ0) is 20.6. The summed E-state index contributed by atoms with van der Waals surface area (Å²) in [6, 6.07) is 23.4. The Morgan fingerprint density at radius 3 is 2.28 bits per heavy atom. The molecule has 3 aromatic rings. The predicted molar refractivity (Wildman–Crippen MR) is 126 cm³/mol. The highest BCUT2D eigenvalue weighted by Gasteiger charge is 2.40. The molecule has 0 bridgehead atoms. The lowest BCUT2D eigenvalue weighted by Gasteiger charge is -2.32. The molecule has 0 saturated carbocycles. The molecule has 7 heteroatoms. The van der Waals surface area contributed by atoms with Gasteiger partial charge in [-0.15, -0.1) is 0 Å². The molecule has 0 N–H and O–H groups in total. The summed E-state index contributed by atoms with van der Waals surface area (Å²) in [5.74, 6) is 0. The third-order valence-electron chi connectivity index (χ3n) is 4.73. The number of hydrogen-bond donors (Lipinski definition) is 0. The summed E-state index contributed by atoms with van der Waals surface area (Å²) in [6.45, 7) is 1.96. The van der Waals surface area contributed by atoms with Crippen molar-refractivity contribution in [1.29, 1.82) is 0 Å². The first-order chi connectivity index (χ1) is 13.9. The van der Waals surface area contributed by atoms with Crippen LogP contribution in [0, 0.1) is 6.92 Å². The number of halogens is 1. The monoisotopic (exact) mass is 535 g/mol. The Kier molecular flexibility index (Phi) is 5.74. The average Bonchev–Trinajstić information content (AvgIpc) is 2.74. The SMILES string of the molecule is Cc1ccc(S(=O)(=O)N2CC(=C(I)c3ccccc3)[S+]([O-])c3ccccc32)cc1. The van der Waals surface area contributed by atoms with E-state index in [1.165, 1.54) is 4.31 Å². The van der Waals surface area contributed by atoms with E-state index < -0.39 is 21.2 Å². The fourth-order valence-corrected chi connectivity index (χ4v) is 7.26. The highest BCUT2D eigenvalue weighted by Crippen LogP contribution is 2.42. The van der Waals surface area contributed by atoms with E-state index in [2.05, 4.69) is 22.6 Å². The first-order valence-corrected chi connectivity index (χ1v) is 12.6. The molecular formula is C22H18INO3S2. The lowest BCUT2D eigenvalue weighted by Crippen LogP contribution is -2.39. The van der Waals surface area contributed by atoms with E-state index in [0.717, 1.165) is 14.7 Å². The number of anilines is 1. The Balaban J connectivity index is 1.88. The summed E-state index contributed by atoms with van der Waals surface area (Å²) in [6.07, 6.45) is 0. The number of para-hydroxylation sites is 1. The Labute approximate surface area is 187 Å². The average molecular weight is 535 g/mol. The fraction of sp³-hybridized carbons (Fsp3) is 0.0909. The molecule has 0 amide bonds. The molecule has 1 heterocycles. The molecule has 4 rings (SSSR count). The third-order valence-corrected chi connectivity index (χ3v) is 9.67. The van der Waals surface area contributed by atoms with Gasteiger partial charge in [-0.25, -0.2) is 8.42 Å². The minimum absolute atomic E-state index is 0.0486. The number of fused-ring (bicyclic) bond motifs is 1. The quantitative estimate of drug-likeness (QED) is 0.346. The van der Waals surface area contributed by atoms with Crippen LogP contribution in [0.25, 0.3) is 3.58 Å². The maximum atomic E-state index is 13.5. The zero-order valence-corrected chi connectivity index (χ0v) is 19.4. The lowest BCUT2D eigenvalue weighted by atomic mass is 10.2. The van der Waals surface area contributed by atoms with E-state index >= 15 is 0 Å². The van der Waals surface area contributed by atoms with E-state index in [1.807, 2.05) is 37.3 Å². The molecule has 3 aromatic carbocycles. The van der Waals surface area contributed by atoms with Crippen LogP contribution in [-0.4, -0.2) is 19.5 Å². The van der Waals surface area contributed by atoms with Gasteiger partial charge in [0.15, 0.2) is 9.80 Å². The van der Waals surface area contributed by atoms with Gasteiger partial charge in [0.25, 0.3) is 10.0 Å². The molecule has 1 atom stereocenters. The molecule has 4 nitrogen and oxygen atoms in total. The molecule has 0 aliphatic carbocycles. The number of benzene rings is 3. The van der Waals surface area contributed by atoms with Gasteiger partial charge in [0.2, 0.25) is 0 Å². The Bertz CT molecular complexity index is 1180. The van der Waals surface area contributed by atoms with Crippen LogP contribution < -0.4 is 4.31 Å². The second-order valence-electron chi connectivity index (χ2n) is 6.66. The summed E-state index contributed by atoms with van der Waals surface area (Å²) in [4.78, 5) is 1.32. The maximum absolute atomic E-state index is 13.5. The van der Waals surface area contributed by atoms with Crippen LogP contribution in [0.1, 0.15) is 11.1 Å². The molecule has 1 aliphatic rings. The van der Waals surface area contributed by atoms with E-state index in [4.69, 9.17) is 0 Å². The largest absolute Gasteiger partial charge is 0.607 e. The first-order valence-electron chi connectivity index (χ1n) is 8.94. The second kappa shape index (κ2) is 8.14. The number of rotatable bonds is 3. The van der Waals surface area contributed by atoms with Crippen molar-refractivity contribution in [3.63, 3.8) is 0 Å². The van der Waals surface area contributed by atoms with Crippen molar-refractivity contribution in [2.75, 3.05) is 10.8 Å². The highest BCUT2D eigenvalue weighted by molar-refractivity contribution is 14.1. The summed E-state index contributed by atoms with van der Waals surface area (Å²) in [5.41, 5.74) is 2.37. The van der Waals surface area contributed by atoms with Gasteiger partial charge in [0.05, 0.1) is 8.48 Å². The summed E-state index contributed by atoms with van der Waals surface area (Å²) in [5, 5.41) is 0. The van der Waals surface area contributed by atoms with Crippen LogP contribution in [0.4, 0.5) is 5.69 Å². The van der Waals surface area contributed by atoms with Gasteiger partial charge in [-0.05, 0) is 59.3 Å². The van der Waals surface area contributed by atoms with Crippen molar-refractivity contribution < 1.29 is 13.0 Å². The van der Waals surface area contributed by atoms with Crippen LogP contribution in [0.5, 0.6) is 0 Å². The fourth-order valence-electron chi connectivity index (χ4n) is 3.18. The van der Waals surface area contributed by atoms with Crippen LogP contribution in [0.3, 0.4) is 0 Å². The molecule has 148 valence electrons. The van der Waals surface area contributed by atoms with E-state index in [9.17, 15) is 13.0 Å². The summed E-state index contributed by atoms with van der Waals surface area (Å²) >= 11 is 0.730. The molecule has 0 radical (unpaired) electrons. The molecule has 0 aromatic heterocycles. The summed E-state index contributed by atoms with van der Waals surface area (Å²) in [7, 11) is -3.80. The zero-order valence-electron chi connectivity index (χ0n) is 15.6. The lowest BCUT2D eigenvalue weighted by molar-refractivity contribution is 0.587. The first kappa shape index (κ1) is 20.5. The van der Waals surface area contributed by atoms with Gasteiger partial charge < -0.3 is 4.55 Å². The number of aryl methyl sites for hydroxylation is 1. The molecule has 29 heavy (non-hydrogen) atoms. The van der Waals surface area contributed by atoms with Crippen LogP contribution in [-0.2, 0) is 21.2 Å². The van der Waals surface area contributed by atoms with Gasteiger partial charge in [0, 0.05) is 11.2 Å². The summed E-state index contributed by atoms with van der Waals surface area (Å²) < 4.78 is 42.4. The van der Waals surface area contributed by atoms with Gasteiger partial charge in [-0.2, -0.15) is 0 Å². The van der Waals surface area contributed by atoms with Crippen molar-refractivity contribution in [3.8, 4) is 0 Å². The van der Waals surface area contributed by atoms with Crippen molar-refractivity contribution in [2.45, 2.75) is 16.7 Å². The van der Waals surface area contributed by atoms with Gasteiger partial charge in [-0.3, -0.25) is 4.31 Å². The molecule has 0 spiro atoms. The Hall–Kier alpha value is -1.81. The molecular weight excluding hydrogens is 517 g/mol. The standard InChI is InChI=1S/C22H18INO3S2/c1-16-11-13-18(14-12-16)29(26,27)24-15-21(22(23)17-7-3-2-4-8-17)28(25)20-10-6-5-9-19(20)24/h2-14H,15H2,1H3. The second-order valence-corrected chi connectivity index (χ2v) is 11.1. The maximum Gasteiger partial charge on any atom is 0.264 e. The number of sulfonamides is 1. The minimum Gasteiger partial charge on any atom is -0.607 e. The van der Waals surface area contributed by atoms with Crippen LogP contribution >= 0.6 is 22.6 Å². The van der Waals surface area contributed by atoms with E-state index in [1.54, 1.807) is 48.5 Å². The van der Waals surface area contributed by atoms with Crippen molar-refractivity contribution in [1.82, 2.24) is 0 Å². The number of nitrogens with zero attached hydrogens (tertiary/aromatic N) is 1. The van der Waals surface area contributed by atoms with Crippen molar-refractivity contribution in [2.24, 2.45) is 0 Å². The Morgan fingerprint density at radius 2 is 1.59 bits per heavy atom. The Morgan fingerprint density at radius 1 is 0.966 bits per heavy atom. The van der Waals surface area contributed by atoms with Crippen molar-refractivity contribution >= 4 is 53.1 Å². The third kappa shape index (κ3) is 3.84. The van der Waals surface area contributed by atoms with Crippen LogP contribution in [0.15, 0.2) is 93.6 Å². The van der Waals surface area contributed by atoms with Gasteiger partial charge >= 0.3 is 0 Å². The van der Waals surface area contributed by atoms with Gasteiger partial charge in [0.1, 0.15) is 12.2 Å².